The number of ether oxygens (including phenoxy) is 15. The van der Waals surface area contributed by atoms with Gasteiger partial charge in [-0.05, 0) is 6.92 Å². The average Bonchev–Trinajstić information content (AvgIpc) is 0.746. The molecule has 8 aliphatic rings. The molecule has 5 amide bonds. The highest BCUT2D eigenvalue weighted by Gasteiger charge is 2.64. The van der Waals surface area contributed by atoms with Gasteiger partial charge in [0.1, 0.15) is 189 Å². The van der Waals surface area contributed by atoms with E-state index in [1.165, 1.54) is 6.92 Å². The van der Waals surface area contributed by atoms with E-state index >= 15 is 0 Å². The van der Waals surface area contributed by atoms with Crippen LogP contribution in [0.5, 0.6) is 0 Å². The minimum atomic E-state index is -3.57. The van der Waals surface area contributed by atoms with Gasteiger partial charge in [0, 0.05) is 34.1 Å². The Labute approximate surface area is 622 Å². The van der Waals surface area contributed by atoms with Crippen molar-refractivity contribution in [1.82, 2.24) is 26.6 Å². The van der Waals surface area contributed by atoms with Crippen LogP contribution in [0.3, 0.4) is 0 Å². The lowest BCUT2D eigenvalue weighted by Crippen LogP contribution is -2.72. The molecule has 0 saturated carbocycles. The molecule has 0 aromatic carbocycles. The van der Waals surface area contributed by atoms with Crippen LogP contribution in [-0.2, 0) is 99.8 Å². The summed E-state index contributed by atoms with van der Waals surface area (Å²) in [5.41, 5.74) is 0. The first-order valence-corrected chi connectivity index (χ1v) is 34.8. The van der Waals surface area contributed by atoms with Gasteiger partial charge in [0.2, 0.25) is 29.5 Å². The summed E-state index contributed by atoms with van der Waals surface area (Å²) in [6, 6.07) is -9.38. The Hall–Kier alpha value is -4.66. The molecule has 0 radical (unpaired) electrons. The summed E-state index contributed by atoms with van der Waals surface area (Å²) in [6.07, 6.45) is -75.7. The number of nitrogens with one attached hydrogen (secondary N) is 5. The molecule has 0 aliphatic carbocycles. The lowest BCUT2D eigenvalue weighted by molar-refractivity contribution is -0.405. The molecule has 8 heterocycles. The van der Waals surface area contributed by atoms with Crippen molar-refractivity contribution in [2.75, 3.05) is 52.9 Å². The number of aliphatic carboxylic acids is 1. The van der Waals surface area contributed by atoms with E-state index in [0.717, 1.165) is 27.7 Å². The molecule has 0 bridgehead atoms. The summed E-state index contributed by atoms with van der Waals surface area (Å²) >= 11 is 0. The zero-order chi connectivity index (χ0) is 81.6. The van der Waals surface area contributed by atoms with Crippen molar-refractivity contribution in [3.8, 4) is 0 Å². The van der Waals surface area contributed by atoms with Gasteiger partial charge in [-0.25, -0.2) is 4.79 Å². The van der Waals surface area contributed by atoms with Gasteiger partial charge in [-0.15, -0.1) is 0 Å². The van der Waals surface area contributed by atoms with Crippen molar-refractivity contribution in [2.24, 2.45) is 0 Å². The molecular formula is C61H101N5O44. The molecule has 41 atom stereocenters. The predicted octanol–water partition coefficient (Wildman–Crippen LogP) is -18.5. The van der Waals surface area contributed by atoms with E-state index in [0.29, 0.717) is 0 Å². The summed E-state index contributed by atoms with van der Waals surface area (Å²) in [6.45, 7) is -4.33. The first-order valence-electron chi connectivity index (χ1n) is 34.8. The van der Waals surface area contributed by atoms with Crippen LogP contribution in [0.15, 0.2) is 0 Å². The van der Waals surface area contributed by atoms with Gasteiger partial charge in [-0.3, -0.25) is 24.0 Å². The first-order chi connectivity index (χ1) is 51.8. The van der Waals surface area contributed by atoms with Crippen LogP contribution in [-0.4, -0.2) is 457 Å². The standard InChI is InChI=1S/C61H101N5O44/c1-15-34(81)41(88)43(90)57(97-15)105-47-25(11-71)101-54(33(65-19(5)77)51(47)108-56-31(63-17(3)75)40(87)37(84)23(9-69)100-56)96-14-27-38(85)49(32(53(93)98-27)64-18(4)76)107-59-45(92)52(110-61(60(94)95)6-20(78)29(66-28(80)13-73)50(109-61)35(82)21(79)7-67)48(26(12-72)103-59)106-58-44(91)42(89)46(24(10-70)102-58)104-55-30(62-16(2)74)39(86)36(83)22(8-68)99-55/h15,20-27,29-59,67-73,78-79,81-93H,6-14H2,1-5H3,(H,62,74)(H,63,75)(H,64,76)(H,65,77)(H,66,80)(H,94,95)/t15-,20-,21+,22+,23+,24+,25+,26+,27+,29+,30+,31+,32+,33+,34+,35+,36+,37+,38-,39+,40+,41+,42+,43-,44+,45+,46-,47+,48-,49+,50+,51+,52+,53+,54+,55+,56-,57-,58-,59-,61-/m0/s1. The molecule has 0 unspecified atom stereocenters. The minimum Gasteiger partial charge on any atom is -0.477 e. The molecule has 28 N–H and O–H groups in total. The Bertz CT molecular complexity index is 3000. The Morgan fingerprint density at radius 1 is 0.409 bits per heavy atom. The third-order valence-electron chi connectivity index (χ3n) is 19.7. The highest BCUT2D eigenvalue weighted by molar-refractivity contribution is 5.78. The quantitative estimate of drug-likeness (QED) is 0.0318. The maximum atomic E-state index is 13.9. The largest absolute Gasteiger partial charge is 0.477 e. The molecule has 0 aromatic heterocycles. The van der Waals surface area contributed by atoms with Gasteiger partial charge in [0.15, 0.2) is 44.0 Å². The Morgan fingerprint density at radius 3 is 1.33 bits per heavy atom. The Balaban J connectivity index is 1.15. The normalized spacial score (nSPS) is 45.8. The lowest BCUT2D eigenvalue weighted by atomic mass is 9.88. The second-order valence-corrected chi connectivity index (χ2v) is 27.5. The Morgan fingerprint density at radius 2 is 0.836 bits per heavy atom. The molecule has 8 rings (SSSR count). The maximum absolute atomic E-state index is 13.9. The van der Waals surface area contributed by atoms with Crippen molar-refractivity contribution in [3.05, 3.63) is 0 Å². The summed E-state index contributed by atoms with van der Waals surface area (Å²) in [5, 5.41) is 266. The van der Waals surface area contributed by atoms with Crippen LogP contribution in [0.1, 0.15) is 41.0 Å². The number of hydrogen-bond donors (Lipinski definition) is 28. The van der Waals surface area contributed by atoms with Crippen LogP contribution in [0.4, 0.5) is 0 Å². The van der Waals surface area contributed by atoms with Crippen molar-refractivity contribution in [1.29, 1.82) is 0 Å². The second-order valence-electron chi connectivity index (χ2n) is 27.5. The minimum absolute atomic E-state index is 0.833. The molecule has 8 fully saturated rings. The zero-order valence-electron chi connectivity index (χ0n) is 59.3. The van der Waals surface area contributed by atoms with E-state index in [-0.39, 0.29) is 0 Å². The van der Waals surface area contributed by atoms with Crippen LogP contribution in [0.25, 0.3) is 0 Å². The number of aliphatic hydroxyl groups excluding tert-OH is 22. The summed E-state index contributed by atoms with van der Waals surface area (Å²) in [5.74, 6) is -10.8. The van der Waals surface area contributed by atoms with Gasteiger partial charge in [-0.2, -0.15) is 0 Å². The Kier molecular flexibility index (Phi) is 32.5. The number of carbonyl (C=O) groups excluding carboxylic acids is 5. The van der Waals surface area contributed by atoms with Crippen LogP contribution >= 0.6 is 0 Å². The molecule has 634 valence electrons. The average molecular weight is 1610 g/mol. The number of aliphatic hydroxyl groups is 22. The van der Waals surface area contributed by atoms with E-state index in [1.807, 2.05) is 0 Å². The van der Waals surface area contributed by atoms with Gasteiger partial charge in [-0.1, -0.05) is 0 Å². The van der Waals surface area contributed by atoms with Crippen molar-refractivity contribution in [2.45, 2.75) is 292 Å². The van der Waals surface area contributed by atoms with E-state index in [4.69, 9.17) is 71.1 Å². The summed E-state index contributed by atoms with van der Waals surface area (Å²) in [7, 11) is 0. The molecular weight excluding hydrogens is 1510 g/mol. The molecule has 8 aliphatic heterocycles. The van der Waals surface area contributed by atoms with Crippen molar-refractivity contribution < 1.29 is 217 Å². The zero-order valence-corrected chi connectivity index (χ0v) is 59.3. The second kappa shape index (κ2) is 39.3. The molecule has 8 saturated heterocycles. The third kappa shape index (κ3) is 20.2. The SMILES string of the molecule is CC(=O)N[C@@H]1[C@@H](O[C@@H]2O[C@H](CO)[C@H](O[C@@H]3O[C@H](CO)[C@H](O[C@H]4O[C@H](CO)[C@@H](O)[C@H](O)[C@H]4NC(C)=O)[C@H](O)[C@H]3O)[C@H](O[C@]3(C(=O)O)C[C@H](O)[C@@H](NC(=O)CO)[C@H]([C@H](O)[C@H](O)CO)O3)[C@H]2O)[C@@H](O)[C@@H](CO[C@@H]2O[C@H](CO)[C@@H](O[C@@H]3O[C@@H](C)[C@@H](O)[C@@H](O)[C@@H]3O)[C@H](O[C@@H]3O[C@H](CO)[C@@H](O)[C@H](O)[C@H]3NC(C)=O)[C@H]2NC(C)=O)O[C@H]1O. The molecule has 49 nitrogen and oxygen atoms in total. The monoisotopic (exact) mass is 1610 g/mol. The van der Waals surface area contributed by atoms with Gasteiger partial charge in [0.25, 0.3) is 5.79 Å². The van der Waals surface area contributed by atoms with Crippen LogP contribution in [0, 0.1) is 0 Å². The summed E-state index contributed by atoms with van der Waals surface area (Å²) < 4.78 is 89.6. The smallest absolute Gasteiger partial charge is 0.364 e. The number of carboxylic acids is 1. The number of carboxylic acid groups (broad SMARTS) is 1. The number of rotatable bonds is 30. The molecule has 0 spiro atoms. The molecule has 110 heavy (non-hydrogen) atoms. The summed E-state index contributed by atoms with van der Waals surface area (Å²) in [4.78, 5) is 77.7. The van der Waals surface area contributed by atoms with Crippen LogP contribution in [0.2, 0.25) is 0 Å². The van der Waals surface area contributed by atoms with Crippen molar-refractivity contribution >= 4 is 35.5 Å². The van der Waals surface area contributed by atoms with Crippen molar-refractivity contribution in [3.63, 3.8) is 0 Å². The fourth-order valence-electron chi connectivity index (χ4n) is 14.0. The lowest BCUT2D eigenvalue weighted by Gasteiger charge is -2.52. The fourth-order valence-corrected chi connectivity index (χ4v) is 14.0. The molecule has 0 aromatic rings. The van der Waals surface area contributed by atoms with Gasteiger partial charge >= 0.3 is 5.97 Å². The number of hydrogen-bond acceptors (Lipinski definition) is 43. The third-order valence-corrected chi connectivity index (χ3v) is 19.7. The number of amides is 5. The van der Waals surface area contributed by atoms with Gasteiger partial charge in [0.05, 0.1) is 64.5 Å². The highest BCUT2D eigenvalue weighted by atomic mass is 16.8. The van der Waals surface area contributed by atoms with Gasteiger partial charge < -0.3 is 215 Å². The van der Waals surface area contributed by atoms with Crippen LogP contribution < -0.4 is 26.6 Å². The number of carbonyl (C=O) groups is 6. The highest BCUT2D eigenvalue weighted by Crippen LogP contribution is 2.42. The van der Waals surface area contributed by atoms with E-state index in [2.05, 4.69) is 26.6 Å². The topological polar surface area (TPSA) is 766 Å². The van der Waals surface area contributed by atoms with E-state index < -0.39 is 346 Å². The molecule has 49 heteroatoms. The fraction of sp³-hybridized carbons (Fsp3) is 0.902. The maximum Gasteiger partial charge on any atom is 0.364 e. The first kappa shape index (κ1) is 90.9. The van der Waals surface area contributed by atoms with E-state index in [9.17, 15) is 146 Å². The predicted molar refractivity (Wildman–Crippen MR) is 340 cm³/mol. The van der Waals surface area contributed by atoms with E-state index in [1.54, 1.807) is 0 Å².